The molecule has 2 aliphatic rings. The van der Waals surface area contributed by atoms with Crippen LogP contribution >= 0.6 is 0 Å². The van der Waals surface area contributed by atoms with Crippen LogP contribution in [0.1, 0.15) is 18.9 Å². The first-order chi connectivity index (χ1) is 9.09. The fourth-order valence-corrected chi connectivity index (χ4v) is 2.93. The van der Waals surface area contributed by atoms with Crippen LogP contribution in [-0.2, 0) is 14.3 Å². The van der Waals surface area contributed by atoms with Gasteiger partial charge in [-0.3, -0.25) is 4.79 Å². The molecule has 1 aromatic rings. The fourth-order valence-electron chi connectivity index (χ4n) is 2.93. The monoisotopic (exact) mass is 258 g/mol. The number of hydrogen-bond donors (Lipinski definition) is 0. The van der Waals surface area contributed by atoms with Crippen LogP contribution < -0.4 is 4.74 Å². The summed E-state index contributed by atoms with van der Waals surface area (Å²) in [6.45, 7) is 1.84. The summed E-state index contributed by atoms with van der Waals surface area (Å²) in [5.41, 5.74) is 0.248. The molecule has 0 N–H and O–H groups in total. The number of carbonyl (C=O) groups is 2. The predicted octanol–water partition coefficient (Wildman–Crippen LogP) is 1.98. The van der Waals surface area contributed by atoms with E-state index in [1.807, 2.05) is 25.1 Å². The van der Waals surface area contributed by atoms with Crippen molar-refractivity contribution in [2.24, 2.45) is 5.92 Å². The van der Waals surface area contributed by atoms with E-state index in [1.54, 1.807) is 6.07 Å². The van der Waals surface area contributed by atoms with Gasteiger partial charge in [0.25, 0.3) is 0 Å². The lowest BCUT2D eigenvalue weighted by atomic mass is 9.74. The van der Waals surface area contributed by atoms with Gasteiger partial charge in [-0.05, 0) is 12.1 Å². The molecule has 0 radical (unpaired) electrons. The molecule has 0 spiro atoms. The van der Waals surface area contributed by atoms with Gasteiger partial charge >= 0.3 is 5.97 Å². The Balaban J connectivity index is 2.24. The van der Waals surface area contributed by atoms with Gasteiger partial charge in [0.2, 0.25) is 5.60 Å². The summed E-state index contributed by atoms with van der Waals surface area (Å²) in [6.07, 6.45) is 1.80. The van der Waals surface area contributed by atoms with Gasteiger partial charge in [-0.2, -0.15) is 0 Å². The number of esters is 1. The van der Waals surface area contributed by atoms with E-state index in [0.29, 0.717) is 11.3 Å². The van der Waals surface area contributed by atoms with Crippen LogP contribution in [0.5, 0.6) is 5.75 Å². The van der Waals surface area contributed by atoms with E-state index < -0.39 is 11.6 Å². The van der Waals surface area contributed by atoms with E-state index in [-0.39, 0.29) is 18.1 Å². The maximum absolute atomic E-state index is 12.3. The number of fused-ring (bicyclic) bond motifs is 3. The predicted molar refractivity (Wildman–Crippen MR) is 68.6 cm³/mol. The fraction of sp³-hybridized carbons (Fsp3) is 0.333. The van der Waals surface area contributed by atoms with Crippen molar-refractivity contribution in [2.75, 3.05) is 7.11 Å². The van der Waals surface area contributed by atoms with E-state index in [2.05, 4.69) is 0 Å². The molecular formula is C15H14O4. The number of para-hydroxylation sites is 1. The summed E-state index contributed by atoms with van der Waals surface area (Å²) in [7, 11) is 1.34. The number of rotatable bonds is 1. The molecule has 0 bridgehead atoms. The lowest BCUT2D eigenvalue weighted by Crippen LogP contribution is -2.51. The van der Waals surface area contributed by atoms with Crippen molar-refractivity contribution in [3.05, 3.63) is 35.9 Å². The first-order valence-corrected chi connectivity index (χ1v) is 6.21. The zero-order valence-electron chi connectivity index (χ0n) is 10.8. The Hall–Kier alpha value is -2.10. The summed E-state index contributed by atoms with van der Waals surface area (Å²) in [6, 6.07) is 7.36. The van der Waals surface area contributed by atoms with Crippen molar-refractivity contribution in [3.63, 3.8) is 0 Å². The van der Waals surface area contributed by atoms with E-state index >= 15 is 0 Å². The number of ketones is 1. The second kappa shape index (κ2) is 3.95. The Labute approximate surface area is 111 Å². The first-order valence-electron chi connectivity index (χ1n) is 6.21. The highest BCUT2D eigenvalue weighted by molar-refractivity contribution is 6.10. The average molecular weight is 258 g/mol. The SMILES string of the molecule is COC(=O)[C@]12Oc3ccccc3C1=CC(=O)C[C@@H]2C. The van der Waals surface area contributed by atoms with Gasteiger partial charge in [0.15, 0.2) is 5.78 Å². The van der Waals surface area contributed by atoms with E-state index in [4.69, 9.17) is 9.47 Å². The third kappa shape index (κ3) is 1.46. The normalized spacial score (nSPS) is 28.0. The number of hydrogen-bond acceptors (Lipinski definition) is 4. The molecule has 1 heterocycles. The molecule has 3 rings (SSSR count). The second-order valence-electron chi connectivity index (χ2n) is 4.95. The van der Waals surface area contributed by atoms with Crippen molar-refractivity contribution in [1.82, 2.24) is 0 Å². The number of benzene rings is 1. The third-order valence-electron chi connectivity index (χ3n) is 3.84. The van der Waals surface area contributed by atoms with Crippen LogP contribution in [0.2, 0.25) is 0 Å². The number of methoxy groups -OCH3 is 1. The summed E-state index contributed by atoms with van der Waals surface area (Å²) in [4.78, 5) is 24.1. The molecule has 4 heteroatoms. The van der Waals surface area contributed by atoms with Gasteiger partial charge in [0.05, 0.1) is 7.11 Å². The van der Waals surface area contributed by atoms with Gasteiger partial charge in [-0.15, -0.1) is 0 Å². The van der Waals surface area contributed by atoms with Crippen LogP contribution in [0.25, 0.3) is 5.57 Å². The largest absolute Gasteiger partial charge is 0.470 e. The molecule has 0 amide bonds. The Morgan fingerprint density at radius 1 is 1.42 bits per heavy atom. The van der Waals surface area contributed by atoms with E-state index in [0.717, 1.165) is 5.56 Å². The van der Waals surface area contributed by atoms with E-state index in [1.165, 1.54) is 13.2 Å². The van der Waals surface area contributed by atoms with Crippen LogP contribution in [0.4, 0.5) is 0 Å². The van der Waals surface area contributed by atoms with Gasteiger partial charge in [-0.25, -0.2) is 4.79 Å². The molecule has 0 saturated heterocycles. The number of ether oxygens (including phenoxy) is 2. The highest BCUT2D eigenvalue weighted by Crippen LogP contribution is 2.51. The second-order valence-corrected chi connectivity index (χ2v) is 4.95. The Kier molecular flexibility index (Phi) is 2.49. The lowest BCUT2D eigenvalue weighted by molar-refractivity contribution is -0.157. The Bertz CT molecular complexity index is 602. The van der Waals surface area contributed by atoms with Crippen molar-refractivity contribution < 1.29 is 19.1 Å². The van der Waals surface area contributed by atoms with Crippen LogP contribution in [0.15, 0.2) is 30.3 Å². The molecule has 1 aliphatic heterocycles. The summed E-state index contributed by atoms with van der Waals surface area (Å²) in [5.74, 6) is -0.0576. The Morgan fingerprint density at radius 3 is 2.89 bits per heavy atom. The van der Waals surface area contributed by atoms with Gasteiger partial charge in [0, 0.05) is 23.5 Å². The number of carbonyl (C=O) groups excluding carboxylic acids is 2. The molecule has 1 aliphatic carbocycles. The minimum atomic E-state index is -1.17. The minimum Gasteiger partial charge on any atom is -0.470 e. The summed E-state index contributed by atoms with van der Waals surface area (Å²) >= 11 is 0. The van der Waals surface area contributed by atoms with Crippen molar-refractivity contribution in [3.8, 4) is 5.75 Å². The van der Waals surface area contributed by atoms with Crippen molar-refractivity contribution in [2.45, 2.75) is 18.9 Å². The standard InChI is InChI=1S/C15H14O4/c1-9-7-10(16)8-12-11-5-3-4-6-13(11)19-15(9,12)14(17)18-2/h3-6,8-9H,7H2,1-2H3/t9-,15+/m0/s1. The minimum absolute atomic E-state index is 0.0160. The van der Waals surface area contributed by atoms with Crippen molar-refractivity contribution in [1.29, 1.82) is 0 Å². The molecule has 0 saturated carbocycles. The maximum Gasteiger partial charge on any atom is 0.355 e. The van der Waals surface area contributed by atoms with Crippen LogP contribution in [0.3, 0.4) is 0 Å². The highest BCUT2D eigenvalue weighted by Gasteiger charge is 2.57. The molecule has 4 nitrogen and oxygen atoms in total. The zero-order chi connectivity index (χ0) is 13.6. The van der Waals surface area contributed by atoms with Crippen LogP contribution in [-0.4, -0.2) is 24.5 Å². The molecule has 19 heavy (non-hydrogen) atoms. The summed E-state index contributed by atoms with van der Waals surface area (Å²) in [5, 5.41) is 0. The Morgan fingerprint density at radius 2 is 2.16 bits per heavy atom. The quantitative estimate of drug-likeness (QED) is 0.723. The number of allylic oxidation sites excluding steroid dienone is 1. The molecule has 0 unspecified atom stereocenters. The smallest absolute Gasteiger partial charge is 0.355 e. The van der Waals surface area contributed by atoms with Gasteiger partial charge in [-0.1, -0.05) is 25.1 Å². The van der Waals surface area contributed by atoms with Gasteiger partial charge < -0.3 is 9.47 Å². The van der Waals surface area contributed by atoms with Crippen molar-refractivity contribution >= 4 is 17.3 Å². The zero-order valence-corrected chi connectivity index (χ0v) is 10.8. The molecule has 0 aromatic heterocycles. The molecular weight excluding hydrogens is 244 g/mol. The summed E-state index contributed by atoms with van der Waals surface area (Å²) < 4.78 is 10.8. The topological polar surface area (TPSA) is 52.6 Å². The average Bonchev–Trinajstić information content (AvgIpc) is 2.74. The molecule has 2 atom stereocenters. The molecule has 98 valence electrons. The third-order valence-corrected chi connectivity index (χ3v) is 3.84. The first kappa shape index (κ1) is 12.0. The molecule has 0 fully saturated rings. The lowest BCUT2D eigenvalue weighted by Gasteiger charge is -2.35. The van der Waals surface area contributed by atoms with Gasteiger partial charge in [0.1, 0.15) is 5.75 Å². The molecule has 1 aromatic carbocycles. The highest BCUT2D eigenvalue weighted by atomic mass is 16.6. The van der Waals surface area contributed by atoms with Crippen LogP contribution in [0, 0.1) is 5.92 Å². The van der Waals surface area contributed by atoms with E-state index in [9.17, 15) is 9.59 Å². The maximum atomic E-state index is 12.3.